The van der Waals surface area contributed by atoms with Crippen LogP contribution in [-0.2, 0) is 9.53 Å². The van der Waals surface area contributed by atoms with E-state index in [1.54, 1.807) is 0 Å². The van der Waals surface area contributed by atoms with Gasteiger partial charge in [0.05, 0.1) is 13.2 Å². The number of hydrogen-bond donors (Lipinski definition) is 1. The van der Waals surface area contributed by atoms with E-state index in [9.17, 15) is 9.90 Å². The van der Waals surface area contributed by atoms with Crippen molar-refractivity contribution in [1.82, 2.24) is 0 Å². The third-order valence-electron chi connectivity index (χ3n) is 13.4. The molecule has 4 saturated carbocycles. The lowest BCUT2D eigenvalue weighted by Gasteiger charge is -2.74. The number of fused-ring (bicyclic) bond motifs is 5. The van der Waals surface area contributed by atoms with Crippen LogP contribution in [0.15, 0.2) is 0 Å². The number of methoxy groups -OCH3 is 1. The number of carbonyl (C=O) groups is 1. The van der Waals surface area contributed by atoms with Gasteiger partial charge in [0, 0.05) is 6.42 Å². The van der Waals surface area contributed by atoms with Gasteiger partial charge in [-0.1, -0.05) is 48.5 Å². The Morgan fingerprint density at radius 1 is 0.882 bits per heavy atom. The number of aliphatic hydroxyl groups is 1. The Morgan fingerprint density at radius 3 is 2.09 bits per heavy atom. The molecule has 3 heteroatoms. The summed E-state index contributed by atoms with van der Waals surface area (Å²) in [6.07, 6.45) is 12.6. The van der Waals surface area contributed by atoms with E-state index in [0.29, 0.717) is 39.9 Å². The van der Waals surface area contributed by atoms with Gasteiger partial charge in [-0.2, -0.15) is 0 Å². The van der Waals surface area contributed by atoms with Gasteiger partial charge in [0.25, 0.3) is 0 Å². The first-order chi connectivity index (χ1) is 15.6. The van der Waals surface area contributed by atoms with Gasteiger partial charge in [-0.3, -0.25) is 4.79 Å². The molecule has 4 fully saturated rings. The molecular formula is C31H54O3. The highest BCUT2D eigenvalue weighted by atomic mass is 16.5. The zero-order chi connectivity index (χ0) is 25.4. The van der Waals surface area contributed by atoms with Crippen LogP contribution in [0.5, 0.6) is 0 Å². The van der Waals surface area contributed by atoms with E-state index < -0.39 is 0 Å². The van der Waals surface area contributed by atoms with Crippen molar-refractivity contribution < 1.29 is 14.6 Å². The van der Waals surface area contributed by atoms with Gasteiger partial charge in [0.1, 0.15) is 0 Å². The van der Waals surface area contributed by atoms with Crippen molar-refractivity contribution in [3.8, 4) is 0 Å². The summed E-state index contributed by atoms with van der Waals surface area (Å²) in [5, 5.41) is 11.0. The summed E-state index contributed by atoms with van der Waals surface area (Å²) in [6.45, 7) is 19.8. The zero-order valence-corrected chi connectivity index (χ0v) is 23.9. The van der Waals surface area contributed by atoms with Crippen molar-refractivity contribution in [2.45, 2.75) is 132 Å². The van der Waals surface area contributed by atoms with E-state index >= 15 is 0 Å². The van der Waals surface area contributed by atoms with Crippen LogP contribution in [0, 0.1) is 50.2 Å². The van der Waals surface area contributed by atoms with E-state index in [-0.39, 0.29) is 22.9 Å². The van der Waals surface area contributed by atoms with Gasteiger partial charge >= 0.3 is 5.97 Å². The second kappa shape index (κ2) is 8.22. The second-order valence-corrected chi connectivity index (χ2v) is 15.4. The molecule has 0 aromatic rings. The third kappa shape index (κ3) is 3.64. The van der Waals surface area contributed by atoms with Crippen LogP contribution in [0.25, 0.3) is 0 Å². The van der Waals surface area contributed by atoms with E-state index in [4.69, 9.17) is 4.74 Å². The molecule has 0 spiro atoms. The lowest BCUT2D eigenvalue weighted by molar-refractivity contribution is -0.257. The summed E-state index contributed by atoms with van der Waals surface area (Å²) in [4.78, 5) is 12.2. The van der Waals surface area contributed by atoms with Crippen molar-refractivity contribution in [2.24, 2.45) is 50.2 Å². The van der Waals surface area contributed by atoms with Gasteiger partial charge in [-0.25, -0.2) is 0 Å². The first-order valence-electron chi connectivity index (χ1n) is 14.3. The highest BCUT2D eigenvalue weighted by molar-refractivity contribution is 5.69. The molecule has 0 aromatic carbocycles. The van der Waals surface area contributed by atoms with Crippen LogP contribution >= 0.6 is 0 Å². The Bertz CT molecular complexity index is 802. The topological polar surface area (TPSA) is 46.5 Å². The molecule has 0 unspecified atom stereocenters. The average molecular weight is 475 g/mol. The third-order valence-corrected chi connectivity index (χ3v) is 13.4. The SMILES string of the molecule is COC(=O)CC[C@@H]1[C@@](C)([C@@H](C)O)CC[C@H]2[C@@]1(C)CC[C@@]1(C)[C@@H]3CC(C)(C)CC[C@]3(C)CC[C@]21C. The van der Waals surface area contributed by atoms with Gasteiger partial charge in [0.15, 0.2) is 0 Å². The smallest absolute Gasteiger partial charge is 0.305 e. The Labute approximate surface area is 210 Å². The van der Waals surface area contributed by atoms with Crippen molar-refractivity contribution in [3.63, 3.8) is 0 Å². The van der Waals surface area contributed by atoms with Gasteiger partial charge in [-0.15, -0.1) is 0 Å². The average Bonchev–Trinajstić information content (AvgIpc) is 2.76. The lowest BCUT2D eigenvalue weighted by Crippen LogP contribution is -2.67. The molecule has 0 heterocycles. The molecule has 196 valence electrons. The predicted octanol–water partition coefficient (Wildman–Crippen LogP) is 7.79. The van der Waals surface area contributed by atoms with Crippen molar-refractivity contribution in [1.29, 1.82) is 0 Å². The maximum Gasteiger partial charge on any atom is 0.305 e. The van der Waals surface area contributed by atoms with Crippen LogP contribution in [0.2, 0.25) is 0 Å². The number of esters is 1. The molecule has 4 aliphatic carbocycles. The molecule has 0 amide bonds. The van der Waals surface area contributed by atoms with E-state index in [0.717, 1.165) is 18.8 Å². The fraction of sp³-hybridized carbons (Fsp3) is 0.968. The monoisotopic (exact) mass is 474 g/mol. The van der Waals surface area contributed by atoms with Crippen LogP contribution in [0.4, 0.5) is 0 Å². The van der Waals surface area contributed by atoms with Gasteiger partial charge in [0.2, 0.25) is 0 Å². The molecule has 0 aromatic heterocycles. The minimum Gasteiger partial charge on any atom is -0.469 e. The van der Waals surface area contributed by atoms with Crippen molar-refractivity contribution in [2.75, 3.05) is 7.11 Å². The predicted molar refractivity (Wildman–Crippen MR) is 139 cm³/mol. The number of rotatable bonds is 4. The summed E-state index contributed by atoms with van der Waals surface area (Å²) in [6, 6.07) is 0. The Morgan fingerprint density at radius 2 is 1.47 bits per heavy atom. The molecule has 0 aliphatic heterocycles. The largest absolute Gasteiger partial charge is 0.469 e. The van der Waals surface area contributed by atoms with Crippen LogP contribution < -0.4 is 0 Å². The molecule has 3 nitrogen and oxygen atoms in total. The van der Waals surface area contributed by atoms with Gasteiger partial charge in [-0.05, 0) is 121 Å². The summed E-state index contributed by atoms with van der Waals surface area (Å²) < 4.78 is 5.05. The second-order valence-electron chi connectivity index (χ2n) is 15.4. The number of hydrogen-bond acceptors (Lipinski definition) is 3. The Balaban J connectivity index is 1.74. The molecule has 4 aliphatic rings. The fourth-order valence-corrected chi connectivity index (χ4v) is 10.7. The van der Waals surface area contributed by atoms with Gasteiger partial charge < -0.3 is 9.84 Å². The molecule has 0 saturated heterocycles. The van der Waals surface area contributed by atoms with Crippen LogP contribution in [0.1, 0.15) is 126 Å². The first kappa shape index (κ1) is 26.5. The molecule has 4 rings (SSSR count). The molecule has 0 bridgehead atoms. The first-order valence-corrected chi connectivity index (χ1v) is 14.3. The quantitative estimate of drug-likeness (QED) is 0.423. The highest BCUT2D eigenvalue weighted by Crippen LogP contribution is 2.77. The summed E-state index contributed by atoms with van der Waals surface area (Å²) in [5.41, 5.74) is 1.65. The molecule has 9 atom stereocenters. The minimum absolute atomic E-state index is 0.108. The lowest BCUT2D eigenvalue weighted by atomic mass is 9.30. The number of carbonyl (C=O) groups excluding carboxylic acids is 1. The van der Waals surface area contributed by atoms with Crippen molar-refractivity contribution in [3.05, 3.63) is 0 Å². The fourth-order valence-electron chi connectivity index (χ4n) is 10.7. The van der Waals surface area contributed by atoms with Crippen LogP contribution in [-0.4, -0.2) is 24.3 Å². The Kier molecular flexibility index (Phi) is 6.40. The molecule has 0 radical (unpaired) electrons. The molecular weight excluding hydrogens is 420 g/mol. The Hall–Kier alpha value is -0.570. The maximum atomic E-state index is 12.2. The minimum atomic E-state index is -0.358. The summed E-state index contributed by atoms with van der Waals surface area (Å²) in [5.74, 6) is 1.69. The molecule has 34 heavy (non-hydrogen) atoms. The zero-order valence-electron chi connectivity index (χ0n) is 23.9. The normalized spacial score (nSPS) is 50.9. The summed E-state index contributed by atoms with van der Waals surface area (Å²) in [7, 11) is 1.50. The maximum absolute atomic E-state index is 12.2. The standard InChI is InChI=1S/C31H54O3/c1-21(32)28(5)13-12-23-29(6,22(28)10-11-25(33)34-9)17-19-31(8)24-20-26(2,3)14-15-27(24,4)16-18-30(23,31)7/h21-24,32H,10-20H2,1-9H3/t21-,22-,23+,24-,27-,28-,29+,30-,31+/m1/s1. The summed E-state index contributed by atoms with van der Waals surface area (Å²) >= 11 is 0. The van der Waals surface area contributed by atoms with E-state index in [1.165, 1.54) is 58.5 Å². The highest BCUT2D eigenvalue weighted by Gasteiger charge is 2.70. The van der Waals surface area contributed by atoms with E-state index in [2.05, 4.69) is 48.5 Å². The number of ether oxygens (including phenoxy) is 1. The van der Waals surface area contributed by atoms with E-state index in [1.807, 2.05) is 6.92 Å². The van der Waals surface area contributed by atoms with Crippen LogP contribution in [0.3, 0.4) is 0 Å². The molecule has 1 N–H and O–H groups in total. The van der Waals surface area contributed by atoms with Crippen molar-refractivity contribution >= 4 is 5.97 Å². The number of aliphatic hydroxyl groups excluding tert-OH is 1.